The summed E-state index contributed by atoms with van der Waals surface area (Å²) in [7, 11) is 0. The number of aromatic nitrogens is 4. The second-order valence-corrected chi connectivity index (χ2v) is 10.6. The van der Waals surface area contributed by atoms with Gasteiger partial charge in [-0.2, -0.15) is 15.0 Å². The first-order valence-corrected chi connectivity index (χ1v) is 12.7. The molecule has 0 atom stereocenters. The second kappa shape index (κ2) is 10.2. The first-order valence-electron chi connectivity index (χ1n) is 12.7. The van der Waals surface area contributed by atoms with Crippen molar-refractivity contribution in [1.29, 1.82) is 5.26 Å². The number of rotatable bonds is 6. The summed E-state index contributed by atoms with van der Waals surface area (Å²) in [6.07, 6.45) is 3.20. The Morgan fingerprint density at radius 3 is 2.45 bits per heavy atom. The van der Waals surface area contributed by atoms with Gasteiger partial charge >= 0.3 is 0 Å². The van der Waals surface area contributed by atoms with Gasteiger partial charge in [0.15, 0.2) is 11.6 Å². The molecule has 0 spiro atoms. The molecule has 5 aromatic rings. The Bertz CT molecular complexity index is 1850. The van der Waals surface area contributed by atoms with Gasteiger partial charge in [-0.15, -0.1) is 5.10 Å². The zero-order chi connectivity index (χ0) is 28.6. The van der Waals surface area contributed by atoms with E-state index >= 15 is 0 Å². The third-order valence-corrected chi connectivity index (χ3v) is 6.80. The number of hydrogen-bond acceptors (Lipinski definition) is 7. The maximum Gasteiger partial charge on any atom is 0.279 e. The first kappa shape index (κ1) is 26.5. The number of anilines is 2. The Balaban J connectivity index is 1.56. The van der Waals surface area contributed by atoms with Crippen LogP contribution in [0.25, 0.3) is 22.1 Å². The molecule has 200 valence electrons. The SMILES string of the molecule is CC(=O)c1ccc(Nc2nn(-c3cccc(-n4ncc5cc(C(C)(C)C)ccc5c4=O)c3CO)cc2C#N)cc1. The van der Waals surface area contributed by atoms with Crippen LogP contribution in [0.2, 0.25) is 0 Å². The largest absolute Gasteiger partial charge is 0.392 e. The molecule has 0 aliphatic heterocycles. The number of nitrogens with zero attached hydrogens (tertiary/aromatic N) is 5. The second-order valence-electron chi connectivity index (χ2n) is 10.6. The van der Waals surface area contributed by atoms with Gasteiger partial charge in [-0.1, -0.05) is 32.9 Å². The van der Waals surface area contributed by atoms with E-state index in [1.807, 2.05) is 18.2 Å². The monoisotopic (exact) mass is 532 g/mol. The number of aliphatic hydroxyl groups excluding tert-OH is 1. The summed E-state index contributed by atoms with van der Waals surface area (Å²) in [5, 5.41) is 33.5. The molecule has 9 nitrogen and oxygen atoms in total. The predicted octanol–water partition coefficient (Wildman–Crippen LogP) is 5.18. The maximum absolute atomic E-state index is 13.5. The third-order valence-electron chi connectivity index (χ3n) is 6.80. The molecule has 0 saturated carbocycles. The van der Waals surface area contributed by atoms with Gasteiger partial charge in [0.05, 0.1) is 35.8 Å². The molecule has 0 fully saturated rings. The number of carbonyl (C=O) groups is 1. The molecule has 2 aromatic heterocycles. The van der Waals surface area contributed by atoms with Crippen molar-refractivity contribution in [2.45, 2.75) is 39.7 Å². The fourth-order valence-electron chi connectivity index (χ4n) is 4.52. The Morgan fingerprint density at radius 2 is 1.80 bits per heavy atom. The van der Waals surface area contributed by atoms with E-state index in [-0.39, 0.29) is 22.3 Å². The zero-order valence-corrected chi connectivity index (χ0v) is 22.6. The molecule has 0 amide bonds. The van der Waals surface area contributed by atoms with Gasteiger partial charge in [0, 0.05) is 22.2 Å². The number of nitrogens with one attached hydrogen (secondary N) is 1. The number of nitriles is 1. The quantitative estimate of drug-likeness (QED) is 0.289. The van der Waals surface area contributed by atoms with Gasteiger partial charge in [-0.05, 0) is 66.4 Å². The average molecular weight is 533 g/mol. The van der Waals surface area contributed by atoms with Crippen LogP contribution in [0, 0.1) is 11.3 Å². The highest BCUT2D eigenvalue weighted by Crippen LogP contribution is 2.27. The Hall–Kier alpha value is -5.07. The topological polar surface area (TPSA) is 126 Å². The van der Waals surface area contributed by atoms with Crippen LogP contribution in [0.5, 0.6) is 0 Å². The summed E-state index contributed by atoms with van der Waals surface area (Å²) in [5.74, 6) is 0.266. The molecular formula is C31H28N6O3. The normalized spacial score (nSPS) is 11.4. The number of fused-ring (bicyclic) bond motifs is 1. The lowest BCUT2D eigenvalue weighted by Gasteiger charge is -2.19. The van der Waals surface area contributed by atoms with E-state index in [2.05, 4.69) is 42.4 Å². The zero-order valence-electron chi connectivity index (χ0n) is 22.6. The van der Waals surface area contributed by atoms with E-state index in [4.69, 9.17) is 0 Å². The lowest BCUT2D eigenvalue weighted by atomic mass is 9.86. The molecule has 2 heterocycles. The minimum absolute atomic E-state index is 0.0420. The van der Waals surface area contributed by atoms with Crippen LogP contribution in [0.3, 0.4) is 0 Å². The van der Waals surface area contributed by atoms with Crippen LogP contribution in [0.15, 0.2) is 77.9 Å². The van der Waals surface area contributed by atoms with E-state index in [9.17, 15) is 20.0 Å². The number of hydrogen-bond donors (Lipinski definition) is 2. The van der Waals surface area contributed by atoms with E-state index in [0.29, 0.717) is 39.4 Å². The van der Waals surface area contributed by atoms with Gasteiger partial charge in [0.25, 0.3) is 5.56 Å². The molecule has 0 aliphatic carbocycles. The summed E-state index contributed by atoms with van der Waals surface area (Å²) in [6, 6.07) is 19.9. The predicted molar refractivity (Wildman–Crippen MR) is 154 cm³/mol. The minimum Gasteiger partial charge on any atom is -0.392 e. The molecule has 0 saturated heterocycles. The fourth-order valence-corrected chi connectivity index (χ4v) is 4.52. The molecule has 0 bridgehead atoms. The van der Waals surface area contributed by atoms with Crippen molar-refractivity contribution in [2.75, 3.05) is 5.32 Å². The standard InChI is InChI=1S/C31H28N6O3/c1-19(39)20-8-11-24(12-9-20)34-29-22(15-32)17-36(35-29)27-6-5-7-28(26(27)18-38)37-30(40)25-13-10-23(31(2,3)4)14-21(25)16-33-37/h5-14,16-17,38H,18H2,1-4H3,(H,34,35). The molecule has 0 aliphatic rings. The Labute approximate surface area is 230 Å². The molecule has 3 aromatic carbocycles. The average Bonchev–Trinajstić information content (AvgIpc) is 3.35. The van der Waals surface area contributed by atoms with Crippen molar-refractivity contribution in [2.24, 2.45) is 0 Å². The van der Waals surface area contributed by atoms with Gasteiger partial charge < -0.3 is 10.4 Å². The summed E-state index contributed by atoms with van der Waals surface area (Å²) >= 11 is 0. The van der Waals surface area contributed by atoms with Crippen molar-refractivity contribution in [3.63, 3.8) is 0 Å². The van der Waals surface area contributed by atoms with Gasteiger partial charge in [-0.25, -0.2) is 4.68 Å². The Morgan fingerprint density at radius 1 is 1.07 bits per heavy atom. The van der Waals surface area contributed by atoms with Crippen LogP contribution < -0.4 is 10.9 Å². The van der Waals surface area contributed by atoms with Gasteiger partial charge in [0.2, 0.25) is 0 Å². The number of benzene rings is 3. The van der Waals surface area contributed by atoms with Crippen molar-refractivity contribution in [3.8, 4) is 17.4 Å². The molecule has 9 heteroatoms. The smallest absolute Gasteiger partial charge is 0.279 e. The number of Topliss-reactive ketones (excluding diaryl/α,β-unsaturated/α-hetero) is 1. The van der Waals surface area contributed by atoms with Crippen LogP contribution >= 0.6 is 0 Å². The van der Waals surface area contributed by atoms with Crippen LogP contribution in [0.1, 0.15) is 54.7 Å². The van der Waals surface area contributed by atoms with Crippen molar-refractivity contribution < 1.29 is 9.90 Å². The van der Waals surface area contributed by atoms with E-state index < -0.39 is 6.61 Å². The first-order chi connectivity index (χ1) is 19.1. The summed E-state index contributed by atoms with van der Waals surface area (Å²) < 4.78 is 2.76. The molecule has 0 unspecified atom stereocenters. The highest BCUT2D eigenvalue weighted by atomic mass is 16.3. The van der Waals surface area contributed by atoms with Crippen LogP contribution in [-0.4, -0.2) is 30.5 Å². The number of ketones is 1. The van der Waals surface area contributed by atoms with E-state index in [0.717, 1.165) is 10.9 Å². The lowest BCUT2D eigenvalue weighted by molar-refractivity contribution is 0.101. The lowest BCUT2D eigenvalue weighted by Crippen LogP contribution is -2.23. The highest BCUT2D eigenvalue weighted by Gasteiger charge is 2.19. The van der Waals surface area contributed by atoms with Gasteiger partial charge in [0.1, 0.15) is 11.6 Å². The van der Waals surface area contributed by atoms with Crippen molar-refractivity contribution in [3.05, 3.63) is 106 Å². The number of carbonyl (C=O) groups excluding carboxylic acids is 1. The molecular weight excluding hydrogens is 504 g/mol. The summed E-state index contributed by atoms with van der Waals surface area (Å²) in [4.78, 5) is 25.1. The molecule has 0 radical (unpaired) electrons. The molecule has 40 heavy (non-hydrogen) atoms. The summed E-state index contributed by atoms with van der Waals surface area (Å²) in [6.45, 7) is 7.44. The molecule has 5 rings (SSSR count). The number of aliphatic hydroxyl groups is 1. The molecule has 2 N–H and O–H groups in total. The van der Waals surface area contributed by atoms with Gasteiger partial charge in [-0.3, -0.25) is 9.59 Å². The Kier molecular flexibility index (Phi) is 6.80. The fraction of sp³-hybridized carbons (Fsp3) is 0.194. The maximum atomic E-state index is 13.5. The van der Waals surface area contributed by atoms with E-state index in [1.165, 1.54) is 16.3 Å². The van der Waals surface area contributed by atoms with Crippen LogP contribution in [0.4, 0.5) is 11.5 Å². The third kappa shape index (κ3) is 4.88. The van der Waals surface area contributed by atoms with E-state index in [1.54, 1.807) is 54.9 Å². The van der Waals surface area contributed by atoms with Crippen molar-refractivity contribution >= 4 is 28.1 Å². The minimum atomic E-state index is -0.391. The highest BCUT2D eigenvalue weighted by molar-refractivity contribution is 5.94. The van der Waals surface area contributed by atoms with Crippen LogP contribution in [-0.2, 0) is 12.0 Å². The summed E-state index contributed by atoms with van der Waals surface area (Å²) in [5.41, 5.74) is 3.57. The van der Waals surface area contributed by atoms with Crippen molar-refractivity contribution in [1.82, 2.24) is 19.6 Å².